The highest BCUT2D eigenvalue weighted by molar-refractivity contribution is 6.38. The molecule has 3 aromatic rings. The normalized spacial score (nSPS) is 10.3. The Morgan fingerprint density at radius 2 is 1.96 bits per heavy atom. The zero-order valence-electron chi connectivity index (χ0n) is 12.7. The summed E-state index contributed by atoms with van der Waals surface area (Å²) in [7, 11) is 0. The van der Waals surface area contributed by atoms with E-state index in [0.29, 0.717) is 32.2 Å². The number of ether oxygens (including phenoxy) is 1. The molecule has 0 radical (unpaired) electrons. The lowest BCUT2D eigenvalue weighted by atomic mass is 10.2. The van der Waals surface area contributed by atoms with Crippen LogP contribution in [0.5, 0.6) is 5.88 Å². The molecule has 0 bridgehead atoms. The van der Waals surface area contributed by atoms with Crippen LogP contribution in [0.1, 0.15) is 5.56 Å². The highest BCUT2D eigenvalue weighted by Crippen LogP contribution is 2.30. The van der Waals surface area contributed by atoms with Crippen molar-refractivity contribution < 1.29 is 9.53 Å². The van der Waals surface area contributed by atoms with Gasteiger partial charge in [0.1, 0.15) is 6.33 Å². The average molecular weight is 373 g/mol. The fourth-order valence-corrected chi connectivity index (χ4v) is 2.69. The van der Waals surface area contributed by atoms with Gasteiger partial charge in [-0.3, -0.25) is 4.79 Å². The summed E-state index contributed by atoms with van der Waals surface area (Å²) in [4.78, 5) is 20.1. The molecule has 1 aromatic heterocycles. The standard InChI is InChI=1S/C17H10Cl2N4O2/c18-11-5-13-16(14(19)6-11)21-9-22-17(13)25-8-15(24)23-12-3-1-10(7-20)2-4-12/h1-6,9H,8H2,(H,23,24). The second-order valence-corrected chi connectivity index (χ2v) is 5.83. The molecule has 25 heavy (non-hydrogen) atoms. The van der Waals surface area contributed by atoms with Gasteiger partial charge < -0.3 is 10.1 Å². The topological polar surface area (TPSA) is 87.9 Å². The maximum absolute atomic E-state index is 12.0. The van der Waals surface area contributed by atoms with Crippen molar-refractivity contribution in [2.24, 2.45) is 0 Å². The molecule has 6 nitrogen and oxygen atoms in total. The van der Waals surface area contributed by atoms with Gasteiger partial charge in [0.15, 0.2) is 6.61 Å². The number of rotatable bonds is 4. The maximum Gasteiger partial charge on any atom is 0.262 e. The molecule has 0 fully saturated rings. The number of nitrogens with zero attached hydrogens (tertiary/aromatic N) is 3. The Kier molecular flexibility index (Phi) is 4.98. The Bertz CT molecular complexity index is 984. The first-order valence-corrected chi connectivity index (χ1v) is 7.85. The molecule has 0 spiro atoms. The second-order valence-electron chi connectivity index (χ2n) is 4.99. The minimum Gasteiger partial charge on any atom is -0.467 e. The van der Waals surface area contributed by atoms with E-state index in [1.54, 1.807) is 36.4 Å². The van der Waals surface area contributed by atoms with Crippen LogP contribution in [0.4, 0.5) is 5.69 Å². The largest absolute Gasteiger partial charge is 0.467 e. The van der Waals surface area contributed by atoms with Crippen LogP contribution >= 0.6 is 23.2 Å². The lowest BCUT2D eigenvalue weighted by Crippen LogP contribution is -2.20. The molecule has 1 N–H and O–H groups in total. The molecule has 1 heterocycles. The zero-order valence-corrected chi connectivity index (χ0v) is 14.2. The summed E-state index contributed by atoms with van der Waals surface area (Å²) in [6.45, 7) is -0.254. The predicted octanol–water partition coefficient (Wildman–Crippen LogP) is 3.83. The summed E-state index contributed by atoms with van der Waals surface area (Å²) < 4.78 is 5.48. The smallest absolute Gasteiger partial charge is 0.262 e. The van der Waals surface area contributed by atoms with Crippen LogP contribution in [0.3, 0.4) is 0 Å². The number of anilines is 1. The van der Waals surface area contributed by atoms with Gasteiger partial charge >= 0.3 is 0 Å². The van der Waals surface area contributed by atoms with E-state index >= 15 is 0 Å². The van der Waals surface area contributed by atoms with Crippen molar-refractivity contribution in [3.05, 3.63) is 58.3 Å². The van der Waals surface area contributed by atoms with Crippen LogP contribution in [0.2, 0.25) is 10.0 Å². The molecule has 0 aliphatic rings. The van der Waals surface area contributed by atoms with Crippen LogP contribution in [-0.4, -0.2) is 22.5 Å². The van der Waals surface area contributed by atoms with Gasteiger partial charge in [-0.05, 0) is 36.4 Å². The summed E-state index contributed by atoms with van der Waals surface area (Å²) in [6.07, 6.45) is 1.30. The van der Waals surface area contributed by atoms with Crippen LogP contribution < -0.4 is 10.1 Å². The van der Waals surface area contributed by atoms with Gasteiger partial charge in [-0.2, -0.15) is 5.26 Å². The summed E-state index contributed by atoms with van der Waals surface area (Å²) in [5.74, 6) is -0.158. The molecule has 8 heteroatoms. The number of benzene rings is 2. The average Bonchev–Trinajstić information content (AvgIpc) is 2.60. The molecule has 3 rings (SSSR count). The number of hydrogen-bond acceptors (Lipinski definition) is 5. The molecule has 0 atom stereocenters. The zero-order chi connectivity index (χ0) is 17.8. The third-order valence-electron chi connectivity index (χ3n) is 3.26. The van der Waals surface area contributed by atoms with Crippen molar-refractivity contribution in [3.63, 3.8) is 0 Å². The fraction of sp³-hybridized carbons (Fsp3) is 0.0588. The number of hydrogen-bond donors (Lipinski definition) is 1. The molecular formula is C17H10Cl2N4O2. The van der Waals surface area contributed by atoms with Crippen LogP contribution in [0.25, 0.3) is 10.9 Å². The molecule has 0 saturated heterocycles. The van der Waals surface area contributed by atoms with Gasteiger partial charge in [-0.25, -0.2) is 9.97 Å². The monoisotopic (exact) mass is 372 g/mol. The van der Waals surface area contributed by atoms with Crippen LogP contribution in [0.15, 0.2) is 42.7 Å². The first-order chi connectivity index (χ1) is 12.1. The minimum atomic E-state index is -0.371. The van der Waals surface area contributed by atoms with Gasteiger partial charge in [0, 0.05) is 10.7 Å². The molecule has 0 saturated carbocycles. The molecule has 0 unspecified atom stereocenters. The third kappa shape index (κ3) is 3.97. The van der Waals surface area contributed by atoms with Gasteiger partial charge in [0.25, 0.3) is 5.91 Å². The Labute approximate surface area is 153 Å². The number of nitriles is 1. The van der Waals surface area contributed by atoms with E-state index in [2.05, 4.69) is 15.3 Å². The highest BCUT2D eigenvalue weighted by atomic mass is 35.5. The summed E-state index contributed by atoms with van der Waals surface area (Å²) in [5, 5.41) is 12.7. The Balaban J connectivity index is 1.72. The van der Waals surface area contributed by atoms with E-state index in [-0.39, 0.29) is 18.4 Å². The first-order valence-electron chi connectivity index (χ1n) is 7.09. The molecule has 1 amide bonds. The molecule has 0 aliphatic heterocycles. The molecule has 124 valence electrons. The quantitative estimate of drug-likeness (QED) is 0.751. The predicted molar refractivity (Wildman–Crippen MR) is 94.8 cm³/mol. The fourth-order valence-electron chi connectivity index (χ4n) is 2.14. The van der Waals surface area contributed by atoms with Crippen molar-refractivity contribution in [1.29, 1.82) is 5.26 Å². The van der Waals surface area contributed by atoms with Crippen molar-refractivity contribution in [2.75, 3.05) is 11.9 Å². The number of carbonyl (C=O) groups is 1. The van der Waals surface area contributed by atoms with E-state index in [9.17, 15) is 4.79 Å². The Hall–Kier alpha value is -2.88. The SMILES string of the molecule is N#Cc1ccc(NC(=O)COc2ncnc3c(Cl)cc(Cl)cc23)cc1. The van der Waals surface area contributed by atoms with E-state index in [4.69, 9.17) is 33.2 Å². The third-order valence-corrected chi connectivity index (χ3v) is 3.76. The van der Waals surface area contributed by atoms with Gasteiger partial charge in [-0.15, -0.1) is 0 Å². The molecule has 0 aliphatic carbocycles. The van der Waals surface area contributed by atoms with Crippen LogP contribution in [0, 0.1) is 11.3 Å². The van der Waals surface area contributed by atoms with Gasteiger partial charge in [0.05, 0.1) is 27.6 Å². The lowest BCUT2D eigenvalue weighted by Gasteiger charge is -2.09. The van der Waals surface area contributed by atoms with E-state index < -0.39 is 0 Å². The molecular weight excluding hydrogens is 363 g/mol. The van der Waals surface area contributed by atoms with Crippen LogP contribution in [-0.2, 0) is 4.79 Å². The summed E-state index contributed by atoms with van der Waals surface area (Å²) in [6, 6.07) is 11.7. The Morgan fingerprint density at radius 1 is 1.20 bits per heavy atom. The van der Waals surface area contributed by atoms with Crippen molar-refractivity contribution in [1.82, 2.24) is 9.97 Å². The van der Waals surface area contributed by atoms with Gasteiger partial charge in [-0.1, -0.05) is 23.2 Å². The first kappa shape index (κ1) is 17.0. The number of amides is 1. The maximum atomic E-state index is 12.0. The summed E-state index contributed by atoms with van der Waals surface area (Å²) in [5.41, 5.74) is 1.56. The molecule has 2 aromatic carbocycles. The van der Waals surface area contributed by atoms with Crippen molar-refractivity contribution >= 4 is 45.7 Å². The number of halogens is 2. The minimum absolute atomic E-state index is 0.212. The highest BCUT2D eigenvalue weighted by Gasteiger charge is 2.11. The van der Waals surface area contributed by atoms with E-state index in [1.807, 2.05) is 6.07 Å². The number of fused-ring (bicyclic) bond motifs is 1. The number of aromatic nitrogens is 2. The number of carbonyl (C=O) groups excluding carboxylic acids is 1. The van der Waals surface area contributed by atoms with E-state index in [1.165, 1.54) is 6.33 Å². The summed E-state index contributed by atoms with van der Waals surface area (Å²) >= 11 is 12.1. The lowest BCUT2D eigenvalue weighted by molar-refractivity contribution is -0.118. The van der Waals surface area contributed by atoms with Crippen molar-refractivity contribution in [3.8, 4) is 11.9 Å². The Morgan fingerprint density at radius 3 is 2.68 bits per heavy atom. The number of nitrogens with one attached hydrogen (secondary N) is 1. The van der Waals surface area contributed by atoms with E-state index in [0.717, 1.165) is 0 Å². The van der Waals surface area contributed by atoms with Crippen molar-refractivity contribution in [2.45, 2.75) is 0 Å². The van der Waals surface area contributed by atoms with Gasteiger partial charge in [0.2, 0.25) is 5.88 Å². The second kappa shape index (κ2) is 7.34.